The summed E-state index contributed by atoms with van der Waals surface area (Å²) in [5, 5.41) is 5.35. The maximum absolute atomic E-state index is 6.01. The molecule has 0 saturated heterocycles. The summed E-state index contributed by atoms with van der Waals surface area (Å²) in [5.41, 5.74) is 2.10. The van der Waals surface area contributed by atoms with E-state index in [1.807, 2.05) is 36.4 Å². The summed E-state index contributed by atoms with van der Waals surface area (Å²) >= 11 is 6.01. The van der Waals surface area contributed by atoms with Crippen LogP contribution in [-0.4, -0.2) is 0 Å². The first-order chi connectivity index (χ1) is 9.72. The first-order valence-electron chi connectivity index (χ1n) is 6.69. The van der Waals surface area contributed by atoms with Gasteiger partial charge in [0.1, 0.15) is 11.3 Å². The normalized spacial score (nSPS) is 12.7. The summed E-state index contributed by atoms with van der Waals surface area (Å²) < 4.78 is 5.79. The second kappa shape index (κ2) is 5.70. The van der Waals surface area contributed by atoms with Crippen molar-refractivity contribution < 1.29 is 4.42 Å². The van der Waals surface area contributed by atoms with E-state index >= 15 is 0 Å². The molecule has 1 aromatic heterocycles. The third-order valence-corrected chi connectivity index (χ3v) is 3.64. The molecule has 20 heavy (non-hydrogen) atoms. The van der Waals surface area contributed by atoms with E-state index < -0.39 is 0 Å². The van der Waals surface area contributed by atoms with Crippen molar-refractivity contribution in [2.75, 3.05) is 0 Å². The molecule has 0 aliphatic carbocycles. The highest BCUT2D eigenvalue weighted by Crippen LogP contribution is 2.21. The summed E-state index contributed by atoms with van der Waals surface area (Å²) in [6.07, 6.45) is 0. The van der Waals surface area contributed by atoms with Crippen LogP contribution in [0.5, 0.6) is 0 Å². The van der Waals surface area contributed by atoms with Gasteiger partial charge in [-0.25, -0.2) is 0 Å². The van der Waals surface area contributed by atoms with E-state index in [9.17, 15) is 0 Å². The van der Waals surface area contributed by atoms with Gasteiger partial charge in [-0.1, -0.05) is 41.9 Å². The molecule has 0 saturated carbocycles. The van der Waals surface area contributed by atoms with Crippen molar-refractivity contribution in [3.8, 4) is 0 Å². The molecular formula is C17H16ClNO. The van der Waals surface area contributed by atoms with Crippen LogP contribution < -0.4 is 5.32 Å². The number of halogens is 1. The summed E-state index contributed by atoms with van der Waals surface area (Å²) in [6.45, 7) is 2.82. The van der Waals surface area contributed by atoms with Gasteiger partial charge in [0.25, 0.3) is 0 Å². The molecule has 0 bridgehead atoms. The Morgan fingerprint density at radius 2 is 1.95 bits per heavy atom. The van der Waals surface area contributed by atoms with Crippen molar-refractivity contribution in [1.29, 1.82) is 0 Å². The van der Waals surface area contributed by atoms with Crippen molar-refractivity contribution in [2.24, 2.45) is 0 Å². The highest BCUT2D eigenvalue weighted by Gasteiger charge is 2.07. The quantitative estimate of drug-likeness (QED) is 0.735. The number of furan rings is 1. The molecule has 0 radical (unpaired) electrons. The van der Waals surface area contributed by atoms with Gasteiger partial charge in [0, 0.05) is 16.5 Å². The molecule has 3 aromatic rings. The number of nitrogens with one attached hydrogen (secondary N) is 1. The van der Waals surface area contributed by atoms with Gasteiger partial charge in [-0.15, -0.1) is 0 Å². The number of fused-ring (bicyclic) bond motifs is 1. The maximum Gasteiger partial charge on any atom is 0.134 e. The molecule has 1 N–H and O–H groups in total. The molecule has 1 atom stereocenters. The second-order valence-electron chi connectivity index (χ2n) is 4.91. The lowest BCUT2D eigenvalue weighted by Gasteiger charge is -2.13. The monoisotopic (exact) mass is 285 g/mol. The zero-order valence-electron chi connectivity index (χ0n) is 11.3. The molecule has 2 nitrogen and oxygen atoms in total. The Labute approximate surface area is 123 Å². The molecule has 3 rings (SSSR count). The third-order valence-electron chi connectivity index (χ3n) is 3.41. The van der Waals surface area contributed by atoms with Crippen LogP contribution in [0.25, 0.3) is 11.0 Å². The van der Waals surface area contributed by atoms with Crippen LogP contribution in [0.4, 0.5) is 0 Å². The molecule has 0 fully saturated rings. The van der Waals surface area contributed by atoms with E-state index in [1.54, 1.807) is 0 Å². The van der Waals surface area contributed by atoms with Gasteiger partial charge in [-0.2, -0.15) is 0 Å². The lowest BCUT2D eigenvalue weighted by atomic mass is 10.1. The Hall–Kier alpha value is -1.77. The molecular weight excluding hydrogens is 270 g/mol. The molecule has 1 heterocycles. The minimum atomic E-state index is 0.224. The predicted molar refractivity (Wildman–Crippen MR) is 82.9 cm³/mol. The van der Waals surface area contributed by atoms with Crippen molar-refractivity contribution in [2.45, 2.75) is 19.5 Å². The van der Waals surface area contributed by atoms with Gasteiger partial charge in [0.05, 0.1) is 6.54 Å². The Bertz CT molecular complexity index is 687. The van der Waals surface area contributed by atoms with Crippen LogP contribution in [0, 0.1) is 0 Å². The van der Waals surface area contributed by atoms with E-state index in [1.165, 1.54) is 5.56 Å². The molecule has 2 aromatic carbocycles. The largest absolute Gasteiger partial charge is 0.460 e. The molecule has 0 spiro atoms. The van der Waals surface area contributed by atoms with Crippen molar-refractivity contribution in [3.05, 3.63) is 70.9 Å². The molecule has 0 amide bonds. The first kappa shape index (κ1) is 13.2. The van der Waals surface area contributed by atoms with Crippen LogP contribution in [0.1, 0.15) is 24.3 Å². The van der Waals surface area contributed by atoms with Gasteiger partial charge >= 0.3 is 0 Å². The predicted octanol–water partition coefficient (Wildman–Crippen LogP) is 4.94. The lowest BCUT2D eigenvalue weighted by Crippen LogP contribution is -2.17. The number of rotatable bonds is 4. The van der Waals surface area contributed by atoms with Gasteiger partial charge in [0.15, 0.2) is 0 Å². The summed E-state index contributed by atoms with van der Waals surface area (Å²) in [6, 6.07) is 18.3. The minimum absolute atomic E-state index is 0.224. The zero-order chi connectivity index (χ0) is 13.9. The lowest BCUT2D eigenvalue weighted by molar-refractivity contribution is 0.482. The fourth-order valence-corrected chi connectivity index (χ4v) is 2.47. The van der Waals surface area contributed by atoms with Gasteiger partial charge in [-0.05, 0) is 36.8 Å². The van der Waals surface area contributed by atoms with Crippen LogP contribution in [-0.2, 0) is 6.54 Å². The summed E-state index contributed by atoms with van der Waals surface area (Å²) in [4.78, 5) is 0. The van der Waals surface area contributed by atoms with Crippen LogP contribution in [0.15, 0.2) is 59.0 Å². The number of hydrogen-bond donors (Lipinski definition) is 1. The van der Waals surface area contributed by atoms with E-state index in [4.69, 9.17) is 16.0 Å². The highest BCUT2D eigenvalue weighted by molar-refractivity contribution is 6.30. The smallest absolute Gasteiger partial charge is 0.134 e. The Kier molecular flexibility index (Phi) is 3.77. The van der Waals surface area contributed by atoms with Crippen molar-refractivity contribution >= 4 is 22.6 Å². The van der Waals surface area contributed by atoms with E-state index in [0.717, 1.165) is 21.8 Å². The maximum atomic E-state index is 6.01. The molecule has 0 aliphatic rings. The minimum Gasteiger partial charge on any atom is -0.460 e. The summed E-state index contributed by atoms with van der Waals surface area (Å²) in [5.74, 6) is 0.945. The van der Waals surface area contributed by atoms with E-state index in [-0.39, 0.29) is 6.04 Å². The van der Waals surface area contributed by atoms with Crippen LogP contribution >= 0.6 is 11.6 Å². The van der Waals surface area contributed by atoms with Crippen LogP contribution in [0.2, 0.25) is 5.02 Å². The number of hydrogen-bond acceptors (Lipinski definition) is 2. The first-order valence-corrected chi connectivity index (χ1v) is 7.06. The topological polar surface area (TPSA) is 25.2 Å². The summed E-state index contributed by atoms with van der Waals surface area (Å²) in [7, 11) is 0. The Balaban J connectivity index is 1.69. The fourth-order valence-electron chi connectivity index (χ4n) is 2.27. The number of benzene rings is 2. The fraction of sp³-hybridized carbons (Fsp3) is 0.176. The average Bonchev–Trinajstić information content (AvgIpc) is 2.87. The molecule has 102 valence electrons. The average molecular weight is 286 g/mol. The molecule has 3 heteroatoms. The SMILES string of the molecule is CC(NCc1cc2ccccc2o1)c1cccc(Cl)c1. The van der Waals surface area contributed by atoms with Crippen molar-refractivity contribution in [3.63, 3.8) is 0 Å². The Morgan fingerprint density at radius 3 is 2.75 bits per heavy atom. The second-order valence-corrected chi connectivity index (χ2v) is 5.34. The highest BCUT2D eigenvalue weighted by atomic mass is 35.5. The van der Waals surface area contributed by atoms with Gasteiger partial charge in [-0.3, -0.25) is 0 Å². The third kappa shape index (κ3) is 2.87. The zero-order valence-corrected chi connectivity index (χ0v) is 12.0. The standard InChI is InChI=1S/C17H16ClNO/c1-12(13-6-4-7-15(18)9-13)19-11-16-10-14-5-2-3-8-17(14)20-16/h2-10,12,19H,11H2,1H3. The number of para-hydroxylation sites is 1. The van der Waals surface area contributed by atoms with E-state index in [2.05, 4.69) is 30.4 Å². The van der Waals surface area contributed by atoms with Crippen molar-refractivity contribution in [1.82, 2.24) is 5.32 Å². The Morgan fingerprint density at radius 1 is 1.10 bits per heavy atom. The molecule has 1 unspecified atom stereocenters. The van der Waals surface area contributed by atoms with Crippen LogP contribution in [0.3, 0.4) is 0 Å². The van der Waals surface area contributed by atoms with Gasteiger partial charge < -0.3 is 9.73 Å². The van der Waals surface area contributed by atoms with E-state index in [0.29, 0.717) is 6.54 Å². The molecule has 0 aliphatic heterocycles. The van der Waals surface area contributed by atoms with Gasteiger partial charge in [0.2, 0.25) is 0 Å².